The third-order valence-corrected chi connectivity index (χ3v) is 6.49. The molecular weight excluding hydrogens is 422 g/mol. The molecular formula is C25H23N3O3S. The van der Waals surface area contributed by atoms with E-state index in [0.29, 0.717) is 17.7 Å². The lowest BCUT2D eigenvalue weighted by Crippen LogP contribution is -2.44. The number of urea groups is 1. The molecule has 0 radical (unpaired) electrons. The van der Waals surface area contributed by atoms with Crippen LogP contribution in [-0.4, -0.2) is 29.3 Å². The van der Waals surface area contributed by atoms with E-state index < -0.39 is 23.4 Å². The summed E-state index contributed by atoms with van der Waals surface area (Å²) in [5.41, 5.74) is 0.177. The summed E-state index contributed by atoms with van der Waals surface area (Å²) in [7, 11) is 0. The lowest BCUT2D eigenvalue weighted by Gasteiger charge is -2.25. The van der Waals surface area contributed by atoms with Crippen molar-refractivity contribution < 1.29 is 14.4 Å². The molecule has 3 aromatic carbocycles. The van der Waals surface area contributed by atoms with Gasteiger partial charge in [0.2, 0.25) is 5.91 Å². The van der Waals surface area contributed by atoms with Gasteiger partial charge in [-0.25, -0.2) is 4.79 Å². The average molecular weight is 446 g/mol. The van der Waals surface area contributed by atoms with E-state index in [1.165, 1.54) is 11.8 Å². The van der Waals surface area contributed by atoms with Crippen molar-refractivity contribution in [3.8, 4) is 0 Å². The molecule has 2 N–H and O–H groups in total. The first-order chi connectivity index (χ1) is 15.5. The number of nitrogens with zero attached hydrogens (tertiary/aromatic N) is 1. The van der Waals surface area contributed by atoms with E-state index in [9.17, 15) is 14.4 Å². The molecule has 1 saturated heterocycles. The molecule has 0 spiro atoms. The largest absolute Gasteiger partial charge is 0.325 e. The molecule has 0 unspecified atom stereocenters. The second-order valence-electron chi connectivity index (χ2n) is 7.41. The van der Waals surface area contributed by atoms with Crippen molar-refractivity contribution in [2.45, 2.75) is 28.7 Å². The van der Waals surface area contributed by atoms with Crippen molar-refractivity contribution in [2.75, 3.05) is 11.9 Å². The van der Waals surface area contributed by atoms with Crippen LogP contribution in [0.3, 0.4) is 0 Å². The Kier molecular flexibility index (Phi) is 6.28. The minimum absolute atomic E-state index is 0.358. The van der Waals surface area contributed by atoms with Crippen LogP contribution in [0, 0.1) is 0 Å². The van der Waals surface area contributed by atoms with Crippen LogP contribution in [0.4, 0.5) is 10.5 Å². The molecule has 4 amide bonds. The molecule has 7 heteroatoms. The van der Waals surface area contributed by atoms with Crippen LogP contribution in [0.2, 0.25) is 0 Å². The summed E-state index contributed by atoms with van der Waals surface area (Å²) >= 11 is 1.53. The maximum atomic E-state index is 13.2. The van der Waals surface area contributed by atoms with Gasteiger partial charge >= 0.3 is 6.03 Å². The van der Waals surface area contributed by atoms with E-state index >= 15 is 0 Å². The van der Waals surface area contributed by atoms with Crippen molar-refractivity contribution in [3.05, 3.63) is 90.5 Å². The fourth-order valence-electron chi connectivity index (χ4n) is 3.74. The molecule has 1 heterocycles. The van der Waals surface area contributed by atoms with E-state index in [1.54, 1.807) is 6.07 Å². The number of benzene rings is 3. The number of rotatable bonds is 7. The zero-order chi connectivity index (χ0) is 22.6. The Hall–Kier alpha value is -3.58. The number of hydrogen-bond acceptors (Lipinski definition) is 4. The number of imide groups is 1. The summed E-state index contributed by atoms with van der Waals surface area (Å²) in [6.45, 7) is 1.48. The van der Waals surface area contributed by atoms with E-state index in [-0.39, 0.29) is 6.54 Å². The maximum Gasteiger partial charge on any atom is 0.325 e. The summed E-state index contributed by atoms with van der Waals surface area (Å²) in [5.74, 6) is -0.854. The van der Waals surface area contributed by atoms with E-state index in [4.69, 9.17) is 0 Å². The van der Waals surface area contributed by atoms with Gasteiger partial charge in [0.05, 0.1) is 5.69 Å². The van der Waals surface area contributed by atoms with Gasteiger partial charge in [-0.05, 0) is 36.2 Å². The Labute approximate surface area is 191 Å². The van der Waals surface area contributed by atoms with Gasteiger partial charge in [0.25, 0.3) is 5.91 Å². The smallest absolute Gasteiger partial charge is 0.323 e. The van der Waals surface area contributed by atoms with Crippen molar-refractivity contribution in [2.24, 2.45) is 0 Å². The fourth-order valence-corrected chi connectivity index (χ4v) is 4.66. The van der Waals surface area contributed by atoms with Gasteiger partial charge in [0, 0.05) is 9.79 Å². The predicted molar refractivity (Wildman–Crippen MR) is 124 cm³/mol. The van der Waals surface area contributed by atoms with Crippen LogP contribution >= 0.6 is 11.8 Å². The van der Waals surface area contributed by atoms with E-state index in [2.05, 4.69) is 10.6 Å². The molecule has 0 bridgehead atoms. The molecule has 0 aliphatic carbocycles. The first kappa shape index (κ1) is 21.6. The molecule has 1 aliphatic rings. The monoisotopic (exact) mass is 445 g/mol. The van der Waals surface area contributed by atoms with Crippen LogP contribution in [-0.2, 0) is 15.1 Å². The van der Waals surface area contributed by atoms with Crippen molar-refractivity contribution >= 4 is 35.3 Å². The number of nitrogens with one attached hydrogen (secondary N) is 2. The van der Waals surface area contributed by atoms with Gasteiger partial charge < -0.3 is 10.6 Å². The van der Waals surface area contributed by atoms with Crippen LogP contribution in [0.1, 0.15) is 18.9 Å². The maximum absolute atomic E-state index is 13.2. The van der Waals surface area contributed by atoms with Crippen molar-refractivity contribution in [1.29, 1.82) is 0 Å². The highest BCUT2D eigenvalue weighted by Gasteiger charge is 2.51. The van der Waals surface area contributed by atoms with Crippen LogP contribution < -0.4 is 10.6 Å². The first-order valence-corrected chi connectivity index (χ1v) is 11.2. The first-order valence-electron chi connectivity index (χ1n) is 10.3. The lowest BCUT2D eigenvalue weighted by atomic mass is 9.87. The fraction of sp³-hybridized carbons (Fsp3) is 0.160. The number of carbonyl (C=O) groups is 3. The summed E-state index contributed by atoms with van der Waals surface area (Å²) in [4.78, 5) is 41.6. The molecule has 6 nitrogen and oxygen atoms in total. The summed E-state index contributed by atoms with van der Waals surface area (Å²) in [6, 6.07) is 25.8. The zero-order valence-electron chi connectivity index (χ0n) is 17.6. The van der Waals surface area contributed by atoms with E-state index in [0.717, 1.165) is 14.7 Å². The molecule has 32 heavy (non-hydrogen) atoms. The normalized spacial score (nSPS) is 17.8. The Morgan fingerprint density at radius 1 is 0.938 bits per heavy atom. The number of amides is 4. The van der Waals surface area contributed by atoms with Crippen molar-refractivity contribution in [1.82, 2.24) is 10.2 Å². The summed E-state index contributed by atoms with van der Waals surface area (Å²) in [5, 5.41) is 5.65. The third kappa shape index (κ3) is 4.24. The lowest BCUT2D eigenvalue weighted by molar-refractivity contribution is -0.134. The van der Waals surface area contributed by atoms with Gasteiger partial charge in [0.15, 0.2) is 0 Å². The standard InChI is InChI=1S/C25H23N3O3S/c1-2-25(18-11-5-3-6-12-18)23(30)28(24(31)27-25)17-22(29)26-20-15-9-10-16-21(20)32-19-13-7-4-8-14-19/h3-16H,2,17H2,1H3,(H,26,29)(H,27,31)/t25-/m0/s1. The molecule has 162 valence electrons. The Morgan fingerprint density at radius 3 is 2.25 bits per heavy atom. The van der Waals surface area contributed by atoms with Crippen LogP contribution in [0.5, 0.6) is 0 Å². The predicted octanol–water partition coefficient (Wildman–Crippen LogP) is 4.63. The third-order valence-electron chi connectivity index (χ3n) is 5.41. The van der Waals surface area contributed by atoms with Crippen LogP contribution in [0.15, 0.2) is 94.7 Å². The molecule has 0 saturated carbocycles. The molecule has 4 rings (SSSR count). The van der Waals surface area contributed by atoms with Crippen molar-refractivity contribution in [3.63, 3.8) is 0 Å². The SMILES string of the molecule is CC[C@@]1(c2ccccc2)NC(=O)N(CC(=O)Nc2ccccc2Sc2ccccc2)C1=O. The molecule has 1 fully saturated rings. The van der Waals surface area contributed by atoms with Gasteiger partial charge in [-0.1, -0.05) is 79.3 Å². The second kappa shape index (κ2) is 9.28. The van der Waals surface area contributed by atoms with Gasteiger partial charge in [-0.3, -0.25) is 14.5 Å². The highest BCUT2D eigenvalue weighted by atomic mass is 32.2. The van der Waals surface area contributed by atoms with Crippen LogP contribution in [0.25, 0.3) is 0 Å². The number of carbonyl (C=O) groups excluding carboxylic acids is 3. The quantitative estimate of drug-likeness (QED) is 0.520. The Morgan fingerprint density at radius 2 is 1.56 bits per heavy atom. The zero-order valence-corrected chi connectivity index (χ0v) is 18.4. The van der Waals surface area contributed by atoms with Gasteiger partial charge in [-0.2, -0.15) is 0 Å². The number of para-hydroxylation sites is 1. The topological polar surface area (TPSA) is 78.5 Å². The summed E-state index contributed by atoms with van der Waals surface area (Å²) < 4.78 is 0. The van der Waals surface area contributed by atoms with Gasteiger partial charge in [-0.15, -0.1) is 0 Å². The number of anilines is 1. The molecule has 0 aromatic heterocycles. The minimum Gasteiger partial charge on any atom is -0.323 e. The molecule has 1 aliphatic heterocycles. The highest BCUT2D eigenvalue weighted by Crippen LogP contribution is 2.34. The number of hydrogen-bond donors (Lipinski definition) is 2. The highest BCUT2D eigenvalue weighted by molar-refractivity contribution is 7.99. The van der Waals surface area contributed by atoms with E-state index in [1.807, 2.05) is 85.8 Å². The van der Waals surface area contributed by atoms with Gasteiger partial charge in [0.1, 0.15) is 12.1 Å². The summed E-state index contributed by atoms with van der Waals surface area (Å²) in [6.07, 6.45) is 0.385. The Bertz CT molecular complexity index is 1140. The molecule has 3 aromatic rings. The molecule has 1 atom stereocenters. The minimum atomic E-state index is -1.15. The Balaban J connectivity index is 1.49. The second-order valence-corrected chi connectivity index (χ2v) is 8.52. The average Bonchev–Trinajstić information content (AvgIpc) is 3.07.